The Morgan fingerprint density at radius 2 is 2.00 bits per heavy atom. The summed E-state index contributed by atoms with van der Waals surface area (Å²) in [6.07, 6.45) is 7.37. The van der Waals surface area contributed by atoms with Crippen LogP contribution in [0.15, 0.2) is 42.7 Å². The van der Waals surface area contributed by atoms with Gasteiger partial charge >= 0.3 is 0 Å². The zero-order valence-electron chi connectivity index (χ0n) is 12.3. The molecule has 2 N–H and O–H groups in total. The minimum absolute atomic E-state index is 0.222. The van der Waals surface area contributed by atoms with Crippen LogP contribution in [0.4, 0.5) is 0 Å². The van der Waals surface area contributed by atoms with Gasteiger partial charge in [0.15, 0.2) is 0 Å². The molecule has 20 heavy (non-hydrogen) atoms. The van der Waals surface area contributed by atoms with Crippen molar-refractivity contribution in [3.05, 3.63) is 42.7 Å². The number of imidazole rings is 1. The van der Waals surface area contributed by atoms with E-state index in [4.69, 9.17) is 5.73 Å². The second-order valence-corrected chi connectivity index (χ2v) is 6.66. The molecule has 1 fully saturated rings. The molecule has 3 nitrogen and oxygen atoms in total. The predicted molar refractivity (Wildman–Crippen MR) is 82.3 cm³/mol. The van der Waals surface area contributed by atoms with E-state index >= 15 is 0 Å². The maximum atomic E-state index is 6.39. The highest BCUT2D eigenvalue weighted by molar-refractivity contribution is 5.55. The molecule has 2 unspecified atom stereocenters. The monoisotopic (exact) mass is 269 g/mol. The highest BCUT2D eigenvalue weighted by Gasteiger charge is 2.34. The SMILES string of the molecule is CC1(C)CCC(N)C(n2ccnc2-c2ccccc2)C1. The number of hydrogen-bond donors (Lipinski definition) is 1. The molecule has 1 aromatic carbocycles. The lowest BCUT2D eigenvalue weighted by atomic mass is 9.73. The van der Waals surface area contributed by atoms with Gasteiger partial charge < -0.3 is 10.3 Å². The largest absolute Gasteiger partial charge is 0.326 e. The first-order valence-corrected chi connectivity index (χ1v) is 7.41. The molecule has 1 aliphatic rings. The van der Waals surface area contributed by atoms with Crippen LogP contribution in [0, 0.1) is 5.41 Å². The smallest absolute Gasteiger partial charge is 0.140 e. The van der Waals surface area contributed by atoms with Crippen LogP contribution in [0.2, 0.25) is 0 Å². The van der Waals surface area contributed by atoms with Crippen molar-refractivity contribution in [3.63, 3.8) is 0 Å². The highest BCUT2D eigenvalue weighted by atomic mass is 15.1. The molecule has 0 radical (unpaired) electrons. The van der Waals surface area contributed by atoms with Gasteiger partial charge in [0.25, 0.3) is 0 Å². The zero-order valence-corrected chi connectivity index (χ0v) is 12.3. The summed E-state index contributed by atoms with van der Waals surface area (Å²) in [7, 11) is 0. The number of rotatable bonds is 2. The molecule has 0 spiro atoms. The minimum atomic E-state index is 0.222. The molecule has 1 aromatic heterocycles. The van der Waals surface area contributed by atoms with Gasteiger partial charge in [-0.25, -0.2) is 4.98 Å². The second kappa shape index (κ2) is 5.06. The Hall–Kier alpha value is -1.61. The molecule has 106 valence electrons. The van der Waals surface area contributed by atoms with E-state index in [0.717, 1.165) is 24.2 Å². The third-order valence-electron chi connectivity index (χ3n) is 4.47. The molecular formula is C17H23N3. The number of nitrogens with two attached hydrogens (primary N) is 1. The average molecular weight is 269 g/mol. The lowest BCUT2D eigenvalue weighted by Crippen LogP contribution is -2.40. The summed E-state index contributed by atoms with van der Waals surface area (Å²) in [6, 6.07) is 10.9. The molecular weight excluding hydrogens is 246 g/mol. The van der Waals surface area contributed by atoms with Crippen LogP contribution < -0.4 is 5.73 Å². The molecule has 2 atom stereocenters. The first kappa shape index (κ1) is 13.4. The van der Waals surface area contributed by atoms with Crippen LogP contribution in [-0.4, -0.2) is 15.6 Å². The molecule has 1 saturated carbocycles. The first-order valence-electron chi connectivity index (χ1n) is 7.41. The Balaban J connectivity index is 1.97. The summed E-state index contributed by atoms with van der Waals surface area (Å²) in [5.74, 6) is 1.03. The normalized spacial score (nSPS) is 25.6. The van der Waals surface area contributed by atoms with Crippen molar-refractivity contribution < 1.29 is 0 Å². The molecule has 0 saturated heterocycles. The second-order valence-electron chi connectivity index (χ2n) is 6.66. The van der Waals surface area contributed by atoms with Crippen LogP contribution in [-0.2, 0) is 0 Å². The topological polar surface area (TPSA) is 43.8 Å². The molecule has 3 rings (SSSR count). The Bertz CT molecular complexity index is 571. The Kier molecular flexibility index (Phi) is 3.38. The third kappa shape index (κ3) is 2.50. The Morgan fingerprint density at radius 3 is 2.75 bits per heavy atom. The van der Waals surface area contributed by atoms with E-state index < -0.39 is 0 Å². The standard InChI is InChI=1S/C17H23N3/c1-17(2)9-8-14(18)15(12-17)20-11-10-19-16(20)13-6-4-3-5-7-13/h3-7,10-11,14-15H,8-9,12,18H2,1-2H3. The van der Waals surface area contributed by atoms with Gasteiger partial charge in [-0.05, 0) is 24.7 Å². The fourth-order valence-electron chi connectivity index (χ4n) is 3.27. The maximum Gasteiger partial charge on any atom is 0.140 e. The van der Waals surface area contributed by atoms with Crippen LogP contribution in [0.25, 0.3) is 11.4 Å². The summed E-state index contributed by atoms with van der Waals surface area (Å²) >= 11 is 0. The van der Waals surface area contributed by atoms with Gasteiger partial charge in [0, 0.05) is 24.0 Å². The number of benzene rings is 1. The summed E-state index contributed by atoms with van der Waals surface area (Å²) in [6.45, 7) is 4.68. The van der Waals surface area contributed by atoms with Crippen molar-refractivity contribution in [1.29, 1.82) is 0 Å². The quantitative estimate of drug-likeness (QED) is 0.904. The van der Waals surface area contributed by atoms with E-state index in [1.54, 1.807) is 0 Å². The van der Waals surface area contributed by atoms with Crippen LogP contribution >= 0.6 is 0 Å². The van der Waals surface area contributed by atoms with E-state index in [-0.39, 0.29) is 6.04 Å². The Morgan fingerprint density at radius 1 is 1.25 bits per heavy atom. The fraction of sp³-hybridized carbons (Fsp3) is 0.471. The first-order chi connectivity index (χ1) is 9.57. The van der Waals surface area contributed by atoms with Gasteiger partial charge in [-0.1, -0.05) is 44.2 Å². The van der Waals surface area contributed by atoms with Gasteiger partial charge in [0.2, 0.25) is 0 Å². The van der Waals surface area contributed by atoms with E-state index in [1.165, 1.54) is 6.42 Å². The third-order valence-corrected chi connectivity index (χ3v) is 4.47. The molecule has 0 amide bonds. The predicted octanol–water partition coefficient (Wildman–Crippen LogP) is 3.63. The van der Waals surface area contributed by atoms with E-state index in [1.807, 2.05) is 12.3 Å². The van der Waals surface area contributed by atoms with Gasteiger partial charge in [0.05, 0.1) is 6.04 Å². The maximum absolute atomic E-state index is 6.39. The molecule has 1 aliphatic carbocycles. The van der Waals surface area contributed by atoms with Crippen molar-refractivity contribution in [2.75, 3.05) is 0 Å². The van der Waals surface area contributed by atoms with E-state index in [9.17, 15) is 0 Å². The molecule has 1 heterocycles. The van der Waals surface area contributed by atoms with Gasteiger partial charge in [-0.3, -0.25) is 0 Å². The Labute approximate surface area is 120 Å². The van der Waals surface area contributed by atoms with Gasteiger partial charge in [-0.15, -0.1) is 0 Å². The van der Waals surface area contributed by atoms with Gasteiger partial charge in [-0.2, -0.15) is 0 Å². The highest BCUT2D eigenvalue weighted by Crippen LogP contribution is 2.41. The van der Waals surface area contributed by atoms with Crippen molar-refractivity contribution >= 4 is 0 Å². The van der Waals surface area contributed by atoms with Gasteiger partial charge in [0.1, 0.15) is 5.82 Å². The summed E-state index contributed by atoms with van der Waals surface area (Å²) in [5.41, 5.74) is 7.91. The minimum Gasteiger partial charge on any atom is -0.326 e. The van der Waals surface area contributed by atoms with Crippen LogP contribution in [0.5, 0.6) is 0 Å². The number of nitrogens with zero attached hydrogens (tertiary/aromatic N) is 2. The molecule has 3 heteroatoms. The van der Waals surface area contributed by atoms with Crippen LogP contribution in [0.1, 0.15) is 39.2 Å². The lowest BCUT2D eigenvalue weighted by molar-refractivity contribution is 0.162. The fourth-order valence-corrected chi connectivity index (χ4v) is 3.27. The lowest BCUT2D eigenvalue weighted by Gasteiger charge is -2.40. The summed E-state index contributed by atoms with van der Waals surface area (Å²) < 4.78 is 2.28. The van der Waals surface area contributed by atoms with Crippen molar-refractivity contribution in [1.82, 2.24) is 9.55 Å². The molecule has 2 aromatic rings. The molecule has 0 aliphatic heterocycles. The van der Waals surface area contributed by atoms with E-state index in [0.29, 0.717) is 11.5 Å². The number of hydrogen-bond acceptors (Lipinski definition) is 2. The summed E-state index contributed by atoms with van der Waals surface area (Å²) in [5, 5.41) is 0. The molecule has 0 bridgehead atoms. The van der Waals surface area contributed by atoms with Crippen molar-refractivity contribution in [3.8, 4) is 11.4 Å². The zero-order chi connectivity index (χ0) is 14.2. The van der Waals surface area contributed by atoms with E-state index in [2.05, 4.69) is 53.9 Å². The van der Waals surface area contributed by atoms with Crippen molar-refractivity contribution in [2.24, 2.45) is 11.1 Å². The average Bonchev–Trinajstić information content (AvgIpc) is 2.92. The van der Waals surface area contributed by atoms with Crippen LogP contribution in [0.3, 0.4) is 0 Å². The summed E-state index contributed by atoms with van der Waals surface area (Å²) in [4.78, 5) is 4.55. The number of aromatic nitrogens is 2. The van der Waals surface area contributed by atoms with Crippen molar-refractivity contribution in [2.45, 2.75) is 45.2 Å².